The van der Waals surface area contributed by atoms with E-state index in [0.717, 1.165) is 23.1 Å². The lowest BCUT2D eigenvalue weighted by atomic mass is 9.84. The maximum Gasteiger partial charge on any atom is 0.237 e. The first-order chi connectivity index (χ1) is 14.7. The first kappa shape index (κ1) is 17.7. The van der Waals surface area contributed by atoms with Gasteiger partial charge in [-0.2, -0.15) is 0 Å². The molecule has 4 nitrogen and oxygen atoms in total. The van der Waals surface area contributed by atoms with Crippen molar-refractivity contribution in [3.63, 3.8) is 0 Å². The maximum atomic E-state index is 13.8. The summed E-state index contributed by atoms with van der Waals surface area (Å²) in [7, 11) is 0. The minimum Gasteiger partial charge on any atom is -0.388 e. The van der Waals surface area contributed by atoms with Crippen molar-refractivity contribution in [1.29, 1.82) is 0 Å². The van der Waals surface area contributed by atoms with Crippen LogP contribution in [0.2, 0.25) is 5.02 Å². The van der Waals surface area contributed by atoms with Gasteiger partial charge in [-0.15, -0.1) is 0 Å². The van der Waals surface area contributed by atoms with E-state index in [1.54, 1.807) is 0 Å². The zero-order valence-electron chi connectivity index (χ0n) is 16.1. The monoisotopic (exact) mass is 414 g/mol. The molecule has 0 unspecified atom stereocenters. The number of nitrogens with zero attached hydrogens (tertiary/aromatic N) is 2. The van der Waals surface area contributed by atoms with Gasteiger partial charge in [-0.25, -0.2) is 0 Å². The van der Waals surface area contributed by atoms with Gasteiger partial charge in [0, 0.05) is 10.6 Å². The lowest BCUT2D eigenvalue weighted by molar-refractivity contribution is -0.133. The second-order valence-corrected chi connectivity index (χ2v) is 8.49. The Morgan fingerprint density at radius 3 is 2.47 bits per heavy atom. The van der Waals surface area contributed by atoms with Gasteiger partial charge in [0.2, 0.25) is 5.91 Å². The van der Waals surface area contributed by atoms with Gasteiger partial charge >= 0.3 is 0 Å². The minimum atomic E-state index is -0.409. The third kappa shape index (κ3) is 2.53. The molecule has 3 heterocycles. The summed E-state index contributed by atoms with van der Waals surface area (Å²) in [5, 5.41) is 5.01. The van der Waals surface area contributed by atoms with Crippen molar-refractivity contribution in [3.8, 4) is 0 Å². The summed E-state index contributed by atoms with van der Waals surface area (Å²) < 4.78 is 0. The summed E-state index contributed by atoms with van der Waals surface area (Å²) in [5.41, 5.74) is 5.16. The van der Waals surface area contributed by atoms with Crippen LogP contribution < -0.4 is 0 Å². The average Bonchev–Trinajstić information content (AvgIpc) is 3.34. The van der Waals surface area contributed by atoms with Crippen LogP contribution in [-0.4, -0.2) is 22.6 Å². The van der Waals surface area contributed by atoms with Crippen molar-refractivity contribution in [2.45, 2.75) is 24.6 Å². The molecule has 1 saturated heterocycles. The first-order valence-electron chi connectivity index (χ1n) is 10.2. The van der Waals surface area contributed by atoms with E-state index in [2.05, 4.69) is 35.5 Å². The van der Waals surface area contributed by atoms with Crippen LogP contribution in [0.4, 0.5) is 0 Å². The molecule has 3 aromatic rings. The molecule has 3 aromatic carbocycles. The lowest BCUT2D eigenvalue weighted by Crippen LogP contribution is -2.40. The van der Waals surface area contributed by atoms with E-state index in [9.17, 15) is 4.79 Å². The molecule has 4 atom stereocenters. The molecule has 5 heteroatoms. The molecular weight excluding hydrogens is 396 g/mol. The Morgan fingerprint density at radius 1 is 0.933 bits per heavy atom. The molecule has 0 radical (unpaired) electrons. The predicted molar refractivity (Wildman–Crippen MR) is 115 cm³/mol. The Kier molecular flexibility index (Phi) is 3.96. The zero-order chi connectivity index (χ0) is 20.2. The fourth-order valence-electron chi connectivity index (χ4n) is 5.14. The van der Waals surface area contributed by atoms with Crippen LogP contribution in [0.5, 0.6) is 0 Å². The molecule has 3 aliphatic heterocycles. The van der Waals surface area contributed by atoms with Crippen molar-refractivity contribution in [3.05, 3.63) is 106 Å². The molecule has 0 N–H and O–H groups in total. The quantitative estimate of drug-likeness (QED) is 0.596. The Labute approximate surface area is 179 Å². The fraction of sp³-hybridized carbons (Fsp3) is 0.200. The van der Waals surface area contributed by atoms with Crippen molar-refractivity contribution < 1.29 is 9.63 Å². The van der Waals surface area contributed by atoms with Crippen LogP contribution in [0.1, 0.15) is 34.3 Å². The summed E-state index contributed by atoms with van der Waals surface area (Å²) in [6.07, 6.45) is 0.478. The normalized spacial score (nSPS) is 26.5. The number of fused-ring (bicyclic) bond motifs is 5. The summed E-state index contributed by atoms with van der Waals surface area (Å²) in [6.45, 7) is 0. The molecule has 0 spiro atoms. The van der Waals surface area contributed by atoms with Gasteiger partial charge in [-0.05, 0) is 35.2 Å². The molecule has 6 rings (SSSR count). The average molecular weight is 415 g/mol. The summed E-state index contributed by atoms with van der Waals surface area (Å²) in [6, 6.07) is 25.9. The van der Waals surface area contributed by atoms with Crippen molar-refractivity contribution in [2.24, 2.45) is 11.1 Å². The molecule has 0 saturated carbocycles. The number of halogens is 1. The van der Waals surface area contributed by atoms with Gasteiger partial charge in [-0.1, -0.05) is 83.5 Å². The number of carbonyl (C=O) groups excluding carboxylic acids is 1. The largest absolute Gasteiger partial charge is 0.388 e. The molecular formula is C25H19ClN2O2. The second kappa shape index (κ2) is 6.71. The number of oxime groups is 1. The van der Waals surface area contributed by atoms with Crippen LogP contribution in [0.15, 0.2) is 84.0 Å². The number of benzene rings is 3. The molecule has 0 aromatic heterocycles. The molecule has 0 bridgehead atoms. The van der Waals surface area contributed by atoms with Gasteiger partial charge in [0.15, 0.2) is 6.10 Å². The molecule has 1 fully saturated rings. The molecule has 1 amide bonds. The standard InChI is InChI=1S/C25H19ClN2O2/c26-18-12-10-16(11-13-18)22-21-24(30-27-22)23-19-9-5-4-8-17(19)14-20(28(23)25(21)29)15-6-2-1-3-7-15/h1-13,20-21,23-24H,14H2/t20-,21+,23-,24-/m1/s1. The predicted octanol–water partition coefficient (Wildman–Crippen LogP) is 4.94. The highest BCUT2D eigenvalue weighted by Crippen LogP contribution is 2.51. The maximum absolute atomic E-state index is 13.8. The topological polar surface area (TPSA) is 41.9 Å². The number of carbonyl (C=O) groups is 1. The number of hydrogen-bond donors (Lipinski definition) is 0. The highest BCUT2D eigenvalue weighted by Gasteiger charge is 2.59. The minimum absolute atomic E-state index is 0.0146. The van der Waals surface area contributed by atoms with Crippen LogP contribution in [0.3, 0.4) is 0 Å². The lowest BCUT2D eigenvalue weighted by Gasteiger charge is -2.40. The van der Waals surface area contributed by atoms with E-state index in [0.29, 0.717) is 10.7 Å². The molecule has 3 aliphatic rings. The molecule has 148 valence electrons. The molecule has 0 aliphatic carbocycles. The Balaban J connectivity index is 1.46. The third-order valence-corrected chi connectivity index (χ3v) is 6.73. The van der Waals surface area contributed by atoms with Crippen LogP contribution in [0.25, 0.3) is 0 Å². The highest BCUT2D eigenvalue weighted by atomic mass is 35.5. The summed E-state index contributed by atoms with van der Waals surface area (Å²) in [5.74, 6) is -0.326. The van der Waals surface area contributed by atoms with Crippen molar-refractivity contribution in [2.75, 3.05) is 0 Å². The highest BCUT2D eigenvalue weighted by molar-refractivity contribution is 6.30. The van der Waals surface area contributed by atoms with Crippen LogP contribution in [0, 0.1) is 5.92 Å². The van der Waals surface area contributed by atoms with Gasteiger partial charge in [0.1, 0.15) is 11.6 Å². The van der Waals surface area contributed by atoms with Gasteiger partial charge < -0.3 is 9.74 Å². The number of rotatable bonds is 2. The Morgan fingerprint density at radius 2 is 1.67 bits per heavy atom. The van der Waals surface area contributed by atoms with Crippen molar-refractivity contribution in [1.82, 2.24) is 4.90 Å². The SMILES string of the molecule is O=C1[C@H]2C(c3ccc(Cl)cc3)=NO[C@H]2[C@H]2c3ccccc3C[C@H](c3ccccc3)N12. The van der Waals surface area contributed by atoms with Crippen LogP contribution >= 0.6 is 11.6 Å². The Hall–Kier alpha value is -3.11. The van der Waals surface area contributed by atoms with Gasteiger partial charge in [0.25, 0.3) is 0 Å². The molecule has 30 heavy (non-hydrogen) atoms. The first-order valence-corrected chi connectivity index (χ1v) is 10.5. The smallest absolute Gasteiger partial charge is 0.237 e. The van der Waals surface area contributed by atoms with Crippen LogP contribution in [-0.2, 0) is 16.1 Å². The van der Waals surface area contributed by atoms with E-state index in [1.807, 2.05) is 53.4 Å². The van der Waals surface area contributed by atoms with E-state index >= 15 is 0 Å². The third-order valence-electron chi connectivity index (χ3n) is 6.47. The van der Waals surface area contributed by atoms with Gasteiger partial charge in [0.05, 0.1) is 12.1 Å². The second-order valence-electron chi connectivity index (χ2n) is 8.05. The zero-order valence-corrected chi connectivity index (χ0v) is 16.9. The van der Waals surface area contributed by atoms with E-state index < -0.39 is 5.92 Å². The van der Waals surface area contributed by atoms with Gasteiger partial charge in [-0.3, -0.25) is 4.79 Å². The fourth-order valence-corrected chi connectivity index (χ4v) is 5.27. The van der Waals surface area contributed by atoms with E-state index in [4.69, 9.17) is 16.4 Å². The summed E-state index contributed by atoms with van der Waals surface area (Å²) in [4.78, 5) is 21.8. The number of amides is 1. The Bertz CT molecular complexity index is 1160. The van der Waals surface area contributed by atoms with E-state index in [-0.39, 0.29) is 24.1 Å². The van der Waals surface area contributed by atoms with Crippen molar-refractivity contribution >= 4 is 23.2 Å². The summed E-state index contributed by atoms with van der Waals surface area (Å²) >= 11 is 6.05. The number of hydrogen-bond acceptors (Lipinski definition) is 3. The van der Waals surface area contributed by atoms with E-state index in [1.165, 1.54) is 5.56 Å².